The molecule has 2 aromatic rings. The third kappa shape index (κ3) is 3.70. The molecule has 0 unspecified atom stereocenters. The minimum Gasteiger partial charge on any atom is -0.299 e. The fourth-order valence-corrected chi connectivity index (χ4v) is 1.99. The average molecular weight is 236 g/mol. The first-order valence-corrected chi connectivity index (χ1v) is 6.09. The van der Waals surface area contributed by atoms with Crippen LogP contribution in [0.25, 0.3) is 0 Å². The molecule has 0 spiro atoms. The average Bonchev–Trinajstić information content (AvgIpc) is 2.41. The third-order valence-electron chi connectivity index (χ3n) is 2.85. The van der Waals surface area contributed by atoms with Crippen molar-refractivity contribution in [1.29, 1.82) is 0 Å². The lowest BCUT2D eigenvalue weighted by Crippen LogP contribution is -1.96. The first-order valence-electron chi connectivity index (χ1n) is 6.09. The first kappa shape index (κ1) is 12.3. The standard InChI is InChI=1S/C17H16O/c18-12-11-17(13-15-7-3-1-4-8-15)14-16-9-5-2-6-10-16/h1-12H,13-14H2. The first-order chi connectivity index (χ1) is 8.88. The van der Waals surface area contributed by atoms with Crippen molar-refractivity contribution < 1.29 is 4.79 Å². The van der Waals surface area contributed by atoms with Crippen LogP contribution in [0.3, 0.4) is 0 Å². The van der Waals surface area contributed by atoms with E-state index in [2.05, 4.69) is 24.3 Å². The van der Waals surface area contributed by atoms with Gasteiger partial charge in [0.2, 0.25) is 0 Å². The lowest BCUT2D eigenvalue weighted by molar-refractivity contribution is -0.104. The normalized spacial score (nSPS) is 9.78. The van der Waals surface area contributed by atoms with Crippen LogP contribution < -0.4 is 0 Å². The Bertz CT molecular complexity index is 468. The molecule has 0 N–H and O–H groups in total. The van der Waals surface area contributed by atoms with Crippen LogP contribution in [0, 0.1) is 0 Å². The molecule has 90 valence electrons. The molecule has 0 saturated heterocycles. The maximum atomic E-state index is 10.7. The highest BCUT2D eigenvalue weighted by Crippen LogP contribution is 2.13. The fourth-order valence-electron chi connectivity index (χ4n) is 1.99. The van der Waals surface area contributed by atoms with Gasteiger partial charge in [0, 0.05) is 0 Å². The Kier molecular flexibility index (Phi) is 4.48. The molecule has 1 heteroatoms. The topological polar surface area (TPSA) is 17.1 Å². The van der Waals surface area contributed by atoms with Crippen LogP contribution in [0.5, 0.6) is 0 Å². The Morgan fingerprint density at radius 3 is 1.61 bits per heavy atom. The molecule has 2 rings (SSSR count). The van der Waals surface area contributed by atoms with Crippen LogP contribution in [0.1, 0.15) is 11.1 Å². The molecular weight excluding hydrogens is 220 g/mol. The van der Waals surface area contributed by atoms with Gasteiger partial charge in [0.05, 0.1) is 0 Å². The lowest BCUT2D eigenvalue weighted by Gasteiger charge is -2.07. The van der Waals surface area contributed by atoms with Crippen molar-refractivity contribution >= 4 is 6.29 Å². The largest absolute Gasteiger partial charge is 0.299 e. The van der Waals surface area contributed by atoms with Crippen LogP contribution in [0.4, 0.5) is 0 Å². The Hall–Kier alpha value is -2.15. The number of carbonyl (C=O) groups is 1. The third-order valence-corrected chi connectivity index (χ3v) is 2.85. The maximum Gasteiger partial charge on any atom is 0.142 e. The maximum absolute atomic E-state index is 10.7. The van der Waals surface area contributed by atoms with Gasteiger partial charge in [0.15, 0.2) is 0 Å². The van der Waals surface area contributed by atoms with Gasteiger partial charge >= 0.3 is 0 Å². The summed E-state index contributed by atoms with van der Waals surface area (Å²) in [6, 6.07) is 20.5. The molecule has 0 saturated carbocycles. The molecular formula is C17H16O. The van der Waals surface area contributed by atoms with Gasteiger partial charge < -0.3 is 0 Å². The van der Waals surface area contributed by atoms with Gasteiger partial charge in [-0.3, -0.25) is 4.79 Å². The van der Waals surface area contributed by atoms with Gasteiger partial charge in [-0.15, -0.1) is 0 Å². The minimum absolute atomic E-state index is 0.828. The van der Waals surface area contributed by atoms with Crippen LogP contribution in [-0.4, -0.2) is 6.29 Å². The Labute approximate surface area is 108 Å². The molecule has 0 bridgehead atoms. The SMILES string of the molecule is O=CC=C(Cc1ccccc1)Cc1ccccc1. The number of carbonyl (C=O) groups excluding carboxylic acids is 1. The number of benzene rings is 2. The van der Waals surface area contributed by atoms with E-state index >= 15 is 0 Å². The Morgan fingerprint density at radius 1 is 0.778 bits per heavy atom. The second-order valence-corrected chi connectivity index (χ2v) is 4.29. The van der Waals surface area contributed by atoms with E-state index in [0.29, 0.717) is 0 Å². The van der Waals surface area contributed by atoms with Crippen LogP contribution in [0.15, 0.2) is 72.3 Å². The summed E-state index contributed by atoms with van der Waals surface area (Å²) in [5.74, 6) is 0. The zero-order chi connectivity index (χ0) is 12.6. The summed E-state index contributed by atoms with van der Waals surface area (Å²) in [4.78, 5) is 10.7. The summed E-state index contributed by atoms with van der Waals surface area (Å²) < 4.78 is 0. The van der Waals surface area contributed by atoms with E-state index in [4.69, 9.17) is 0 Å². The highest BCUT2D eigenvalue weighted by Gasteiger charge is 2.01. The molecule has 0 aliphatic rings. The Morgan fingerprint density at radius 2 is 1.22 bits per heavy atom. The molecule has 0 aromatic heterocycles. The van der Waals surface area contributed by atoms with Crippen molar-refractivity contribution in [1.82, 2.24) is 0 Å². The van der Waals surface area contributed by atoms with Gasteiger partial charge in [0.25, 0.3) is 0 Å². The fraction of sp³-hybridized carbons (Fsp3) is 0.118. The number of aldehydes is 1. The van der Waals surface area contributed by atoms with Crippen LogP contribution >= 0.6 is 0 Å². The molecule has 18 heavy (non-hydrogen) atoms. The predicted molar refractivity (Wildman–Crippen MR) is 74.4 cm³/mol. The van der Waals surface area contributed by atoms with Gasteiger partial charge in [-0.25, -0.2) is 0 Å². The van der Waals surface area contributed by atoms with E-state index in [1.807, 2.05) is 36.4 Å². The number of hydrogen-bond acceptors (Lipinski definition) is 1. The highest BCUT2D eigenvalue weighted by atomic mass is 16.1. The van der Waals surface area contributed by atoms with E-state index in [1.165, 1.54) is 11.1 Å². The number of hydrogen-bond donors (Lipinski definition) is 0. The lowest BCUT2D eigenvalue weighted by atomic mass is 9.98. The summed E-state index contributed by atoms with van der Waals surface area (Å²) >= 11 is 0. The molecule has 1 nitrogen and oxygen atoms in total. The summed E-state index contributed by atoms with van der Waals surface area (Å²) in [5.41, 5.74) is 3.62. The van der Waals surface area contributed by atoms with Crippen LogP contribution in [-0.2, 0) is 17.6 Å². The summed E-state index contributed by atoms with van der Waals surface area (Å²) in [5, 5.41) is 0. The van der Waals surface area contributed by atoms with Crippen molar-refractivity contribution in [3.63, 3.8) is 0 Å². The smallest absolute Gasteiger partial charge is 0.142 e. The highest BCUT2D eigenvalue weighted by molar-refractivity contribution is 5.66. The van der Waals surface area contributed by atoms with E-state index in [0.717, 1.165) is 24.7 Å². The molecule has 0 atom stereocenters. The zero-order valence-electron chi connectivity index (χ0n) is 10.3. The molecule has 2 aromatic carbocycles. The molecule has 0 amide bonds. The van der Waals surface area contributed by atoms with Crippen molar-refractivity contribution in [3.8, 4) is 0 Å². The monoisotopic (exact) mass is 236 g/mol. The van der Waals surface area contributed by atoms with Crippen molar-refractivity contribution in [2.45, 2.75) is 12.8 Å². The van der Waals surface area contributed by atoms with Crippen molar-refractivity contribution in [2.24, 2.45) is 0 Å². The summed E-state index contributed by atoms with van der Waals surface area (Å²) in [6.07, 6.45) is 4.21. The van der Waals surface area contributed by atoms with E-state index in [1.54, 1.807) is 6.08 Å². The Balaban J connectivity index is 2.10. The van der Waals surface area contributed by atoms with Crippen molar-refractivity contribution in [3.05, 3.63) is 83.4 Å². The minimum atomic E-state index is 0.828. The molecule has 0 aliphatic carbocycles. The van der Waals surface area contributed by atoms with E-state index < -0.39 is 0 Å². The van der Waals surface area contributed by atoms with E-state index in [-0.39, 0.29) is 0 Å². The van der Waals surface area contributed by atoms with Gasteiger partial charge in [-0.2, -0.15) is 0 Å². The summed E-state index contributed by atoms with van der Waals surface area (Å²) in [7, 11) is 0. The second kappa shape index (κ2) is 6.55. The number of allylic oxidation sites excluding steroid dienone is 2. The van der Waals surface area contributed by atoms with Crippen molar-refractivity contribution in [2.75, 3.05) is 0 Å². The number of rotatable bonds is 5. The van der Waals surface area contributed by atoms with E-state index in [9.17, 15) is 4.79 Å². The molecule has 0 fully saturated rings. The molecule has 0 aliphatic heterocycles. The van der Waals surface area contributed by atoms with Crippen LogP contribution in [0.2, 0.25) is 0 Å². The predicted octanol–water partition coefficient (Wildman–Crippen LogP) is 3.60. The molecule has 0 radical (unpaired) electrons. The quantitative estimate of drug-likeness (QED) is 0.572. The zero-order valence-corrected chi connectivity index (χ0v) is 10.3. The van der Waals surface area contributed by atoms with Gasteiger partial charge in [-0.05, 0) is 30.0 Å². The van der Waals surface area contributed by atoms with Gasteiger partial charge in [0.1, 0.15) is 6.29 Å². The molecule has 0 heterocycles. The summed E-state index contributed by atoms with van der Waals surface area (Å²) in [6.45, 7) is 0. The van der Waals surface area contributed by atoms with Gasteiger partial charge in [-0.1, -0.05) is 66.2 Å². The second-order valence-electron chi connectivity index (χ2n) is 4.29.